The zero-order valence-corrected chi connectivity index (χ0v) is 16.7. The summed E-state index contributed by atoms with van der Waals surface area (Å²) >= 11 is 0. The van der Waals surface area contributed by atoms with Crippen molar-refractivity contribution in [1.29, 1.82) is 0 Å². The lowest BCUT2D eigenvalue weighted by Gasteiger charge is -2.44. The van der Waals surface area contributed by atoms with Gasteiger partial charge >= 0.3 is 0 Å². The first-order valence-electron chi connectivity index (χ1n) is 10.3. The second-order valence-electron chi connectivity index (χ2n) is 7.91. The van der Waals surface area contributed by atoms with Gasteiger partial charge in [-0.1, -0.05) is 48.5 Å². The quantitative estimate of drug-likeness (QED) is 0.564. The molecule has 4 rings (SSSR count). The highest BCUT2D eigenvalue weighted by molar-refractivity contribution is 5.99. The molecule has 2 fully saturated rings. The average Bonchev–Trinajstić information content (AvgIpc) is 3.10. The van der Waals surface area contributed by atoms with Gasteiger partial charge in [-0.3, -0.25) is 14.5 Å². The Balaban J connectivity index is 1.39. The van der Waals surface area contributed by atoms with E-state index >= 15 is 0 Å². The number of anilines is 1. The lowest BCUT2D eigenvalue weighted by molar-refractivity contribution is -0.125. The van der Waals surface area contributed by atoms with Crippen LogP contribution >= 0.6 is 0 Å². The van der Waals surface area contributed by atoms with E-state index in [0.29, 0.717) is 38.2 Å². The highest BCUT2D eigenvalue weighted by Crippen LogP contribution is 2.37. The van der Waals surface area contributed by atoms with E-state index in [0.717, 1.165) is 5.69 Å². The largest absolute Gasteiger partial charge is 0.385 e. The number of Topliss-reactive ketones (excluding diaryl/α,β-unsaturated/α-hetero) is 1. The predicted molar refractivity (Wildman–Crippen MR) is 112 cm³/mol. The molecular weight excluding hydrogens is 385 g/mol. The molecule has 0 saturated carbocycles. The maximum Gasteiger partial charge on any atom is 0.247 e. The summed E-state index contributed by atoms with van der Waals surface area (Å²) in [6, 6.07) is 18.2. The number of para-hydroxylation sites is 1. The predicted octanol–water partition coefficient (Wildman–Crippen LogP) is 2.34. The molecule has 0 aliphatic carbocycles. The second-order valence-corrected chi connectivity index (χ2v) is 7.91. The number of nitrogens with one attached hydrogen (secondary N) is 1. The standard InChI is InChI=1S/C23H26FN3O3/c24-20(15-19(28)21(29)17-7-3-1-4-8-17)26-13-11-23(12-14-26)22(30)25-16-27(23)18-9-5-2-6-10-18/h1-10,19-20,28H,11-16H2,(H,25,30). The zero-order chi connectivity index (χ0) is 21.1. The SMILES string of the molecule is O=C(c1ccccc1)C(O)CC(F)N1CCC2(CC1)C(=O)NCN2c1ccccc1. The topological polar surface area (TPSA) is 72.9 Å². The number of aliphatic hydroxyl groups excluding tert-OH is 1. The van der Waals surface area contributed by atoms with Gasteiger partial charge in [0, 0.05) is 30.8 Å². The van der Waals surface area contributed by atoms with E-state index < -0.39 is 23.7 Å². The Morgan fingerprint density at radius 2 is 1.67 bits per heavy atom. The van der Waals surface area contributed by atoms with Gasteiger partial charge in [-0.25, -0.2) is 4.39 Å². The minimum Gasteiger partial charge on any atom is -0.385 e. The van der Waals surface area contributed by atoms with Crippen LogP contribution in [0.1, 0.15) is 29.6 Å². The summed E-state index contributed by atoms with van der Waals surface area (Å²) in [5.74, 6) is -0.502. The van der Waals surface area contributed by atoms with Crippen molar-refractivity contribution in [3.63, 3.8) is 0 Å². The fraction of sp³-hybridized carbons (Fsp3) is 0.391. The molecule has 2 heterocycles. The Hall–Kier alpha value is -2.77. The van der Waals surface area contributed by atoms with Crippen LogP contribution in [-0.4, -0.2) is 59.4 Å². The fourth-order valence-corrected chi connectivity index (χ4v) is 4.44. The molecule has 2 N–H and O–H groups in total. The van der Waals surface area contributed by atoms with Gasteiger partial charge in [0.15, 0.2) is 12.1 Å². The molecule has 2 atom stereocenters. The molecule has 0 bridgehead atoms. The number of benzene rings is 2. The summed E-state index contributed by atoms with van der Waals surface area (Å²) in [6.07, 6.45) is -2.16. The highest BCUT2D eigenvalue weighted by Gasteiger charge is 2.51. The van der Waals surface area contributed by atoms with Crippen LogP contribution in [0.3, 0.4) is 0 Å². The molecule has 30 heavy (non-hydrogen) atoms. The third-order valence-electron chi connectivity index (χ3n) is 6.21. The van der Waals surface area contributed by atoms with E-state index in [1.54, 1.807) is 35.2 Å². The number of ketones is 1. The number of carbonyl (C=O) groups is 2. The number of piperidine rings is 1. The molecule has 1 spiro atoms. The van der Waals surface area contributed by atoms with E-state index in [1.807, 2.05) is 30.3 Å². The number of likely N-dealkylation sites (tertiary alicyclic amines) is 1. The van der Waals surface area contributed by atoms with E-state index in [2.05, 4.69) is 10.2 Å². The molecule has 2 aromatic rings. The molecule has 2 aliphatic heterocycles. The van der Waals surface area contributed by atoms with Crippen molar-refractivity contribution in [2.75, 3.05) is 24.7 Å². The molecular formula is C23H26FN3O3. The summed E-state index contributed by atoms with van der Waals surface area (Å²) in [7, 11) is 0. The van der Waals surface area contributed by atoms with Crippen LogP contribution in [0.4, 0.5) is 10.1 Å². The summed E-state index contributed by atoms with van der Waals surface area (Å²) in [4.78, 5) is 28.7. The van der Waals surface area contributed by atoms with Crippen molar-refractivity contribution in [2.45, 2.75) is 37.2 Å². The van der Waals surface area contributed by atoms with Crippen molar-refractivity contribution in [1.82, 2.24) is 10.2 Å². The van der Waals surface area contributed by atoms with Crippen LogP contribution in [0.15, 0.2) is 60.7 Å². The van der Waals surface area contributed by atoms with Crippen LogP contribution in [0.2, 0.25) is 0 Å². The van der Waals surface area contributed by atoms with Gasteiger partial charge in [-0.15, -0.1) is 0 Å². The van der Waals surface area contributed by atoms with E-state index in [-0.39, 0.29) is 12.3 Å². The number of nitrogens with zero attached hydrogens (tertiary/aromatic N) is 2. The normalized spacial score (nSPS) is 20.7. The van der Waals surface area contributed by atoms with Crippen molar-refractivity contribution in [3.05, 3.63) is 66.2 Å². The Labute approximate surface area is 175 Å². The molecule has 6 nitrogen and oxygen atoms in total. The minimum absolute atomic E-state index is 0.0271. The summed E-state index contributed by atoms with van der Waals surface area (Å²) in [5.41, 5.74) is 0.650. The van der Waals surface area contributed by atoms with Crippen molar-refractivity contribution in [3.8, 4) is 0 Å². The van der Waals surface area contributed by atoms with Gasteiger partial charge in [0.2, 0.25) is 5.91 Å². The highest BCUT2D eigenvalue weighted by atomic mass is 19.1. The Kier molecular flexibility index (Phi) is 5.83. The van der Waals surface area contributed by atoms with E-state index in [4.69, 9.17) is 0 Å². The zero-order valence-electron chi connectivity index (χ0n) is 16.7. The molecule has 7 heteroatoms. The number of aliphatic hydroxyl groups is 1. The first-order valence-corrected chi connectivity index (χ1v) is 10.3. The van der Waals surface area contributed by atoms with E-state index in [1.165, 1.54) is 0 Å². The minimum atomic E-state index is -1.44. The first-order chi connectivity index (χ1) is 14.5. The first kappa shape index (κ1) is 20.5. The van der Waals surface area contributed by atoms with Gasteiger partial charge in [-0.05, 0) is 25.0 Å². The molecule has 1 amide bonds. The lowest BCUT2D eigenvalue weighted by atomic mass is 9.85. The van der Waals surface area contributed by atoms with Crippen LogP contribution in [-0.2, 0) is 4.79 Å². The van der Waals surface area contributed by atoms with Crippen LogP contribution in [0.5, 0.6) is 0 Å². The molecule has 2 aromatic carbocycles. The Morgan fingerprint density at radius 1 is 1.07 bits per heavy atom. The maximum atomic E-state index is 14.9. The third-order valence-corrected chi connectivity index (χ3v) is 6.21. The van der Waals surface area contributed by atoms with Gasteiger partial charge in [-0.2, -0.15) is 0 Å². The molecule has 2 aliphatic rings. The fourth-order valence-electron chi connectivity index (χ4n) is 4.44. The van der Waals surface area contributed by atoms with Gasteiger partial charge in [0.05, 0.1) is 6.67 Å². The van der Waals surface area contributed by atoms with Gasteiger partial charge in [0.1, 0.15) is 11.6 Å². The number of alkyl halides is 1. The molecule has 2 saturated heterocycles. The molecule has 0 radical (unpaired) electrons. The summed E-state index contributed by atoms with van der Waals surface area (Å²) in [5, 5.41) is 13.1. The second kappa shape index (κ2) is 8.53. The summed E-state index contributed by atoms with van der Waals surface area (Å²) in [6.45, 7) is 1.19. The van der Waals surface area contributed by atoms with Gasteiger partial charge in [0.25, 0.3) is 0 Å². The number of halogens is 1. The molecule has 158 valence electrons. The molecule has 0 aromatic heterocycles. The number of rotatable bonds is 6. The molecule has 2 unspecified atom stereocenters. The smallest absolute Gasteiger partial charge is 0.247 e. The van der Waals surface area contributed by atoms with Crippen LogP contribution in [0.25, 0.3) is 0 Å². The third kappa shape index (κ3) is 3.82. The van der Waals surface area contributed by atoms with Gasteiger partial charge < -0.3 is 15.3 Å². The Morgan fingerprint density at radius 3 is 2.30 bits per heavy atom. The number of hydrogen-bond donors (Lipinski definition) is 2. The number of amides is 1. The maximum absolute atomic E-state index is 14.9. The van der Waals surface area contributed by atoms with Crippen LogP contribution in [0, 0.1) is 0 Å². The van der Waals surface area contributed by atoms with Crippen molar-refractivity contribution in [2.24, 2.45) is 0 Å². The van der Waals surface area contributed by atoms with E-state index in [9.17, 15) is 19.1 Å². The van der Waals surface area contributed by atoms with Crippen LogP contribution < -0.4 is 10.2 Å². The monoisotopic (exact) mass is 411 g/mol. The average molecular weight is 411 g/mol. The van der Waals surface area contributed by atoms with Crippen molar-refractivity contribution < 1.29 is 19.1 Å². The number of carbonyl (C=O) groups excluding carboxylic acids is 2. The Bertz CT molecular complexity index is 885. The number of hydrogen-bond acceptors (Lipinski definition) is 5. The van der Waals surface area contributed by atoms with Crippen molar-refractivity contribution >= 4 is 17.4 Å². The summed E-state index contributed by atoms with van der Waals surface area (Å²) < 4.78 is 14.9. The lowest BCUT2D eigenvalue weighted by Crippen LogP contribution is -2.57.